The molecule has 0 aliphatic carbocycles. The summed E-state index contributed by atoms with van der Waals surface area (Å²) in [6.45, 7) is 4.74. The summed E-state index contributed by atoms with van der Waals surface area (Å²) in [4.78, 5) is 16.8. The largest absolute Gasteiger partial charge is 0.342 e. The van der Waals surface area contributed by atoms with Crippen molar-refractivity contribution in [3.8, 4) is 0 Å². The molecule has 1 aromatic rings. The highest BCUT2D eigenvalue weighted by Gasteiger charge is 2.32. The van der Waals surface area contributed by atoms with Crippen molar-refractivity contribution in [2.24, 2.45) is 0 Å². The molecule has 0 aromatic carbocycles. The van der Waals surface area contributed by atoms with Gasteiger partial charge in [0.1, 0.15) is 6.04 Å². The molecule has 0 bridgehead atoms. The van der Waals surface area contributed by atoms with Crippen molar-refractivity contribution in [1.82, 2.24) is 14.4 Å². The summed E-state index contributed by atoms with van der Waals surface area (Å²) in [7, 11) is -2.82. The summed E-state index contributed by atoms with van der Waals surface area (Å²) in [5, 5.41) is 0. The second-order valence-corrected chi connectivity index (χ2v) is 8.85. The maximum atomic E-state index is 12.6. The average Bonchev–Trinajstić information content (AvgIpc) is 3.08. The topological polar surface area (TPSA) is 62.6 Å². The molecule has 2 aliphatic rings. The highest BCUT2D eigenvalue weighted by atomic mass is 32.2. The van der Waals surface area contributed by atoms with E-state index in [1.165, 1.54) is 0 Å². The first-order valence-corrected chi connectivity index (χ1v) is 10.1. The highest BCUT2D eigenvalue weighted by molar-refractivity contribution is 7.91. The molecule has 2 aliphatic heterocycles. The van der Waals surface area contributed by atoms with Gasteiger partial charge in [-0.2, -0.15) is 0 Å². The van der Waals surface area contributed by atoms with Gasteiger partial charge in [-0.05, 0) is 31.9 Å². The number of sulfone groups is 1. The van der Waals surface area contributed by atoms with Crippen LogP contribution in [0.4, 0.5) is 0 Å². The van der Waals surface area contributed by atoms with Gasteiger partial charge in [-0.15, -0.1) is 0 Å². The zero-order valence-corrected chi connectivity index (χ0v) is 14.4. The van der Waals surface area contributed by atoms with E-state index in [2.05, 4.69) is 4.90 Å². The van der Waals surface area contributed by atoms with Crippen molar-refractivity contribution in [2.45, 2.75) is 31.8 Å². The predicted molar refractivity (Wildman–Crippen MR) is 89.0 cm³/mol. The Bertz CT molecular complexity index is 620. The van der Waals surface area contributed by atoms with Gasteiger partial charge >= 0.3 is 0 Å². The fourth-order valence-electron chi connectivity index (χ4n) is 3.54. The van der Waals surface area contributed by atoms with E-state index in [4.69, 9.17) is 0 Å². The number of likely N-dealkylation sites (tertiary alicyclic amines) is 1. The standard InChI is InChI=1S/C16H25N3O3S/c1-14(17-6-2-3-7-17)16(20)19-8-4-15(5-9-19)18-10-12-23(21,22)13-11-18/h2-3,6-7,14-15H,4-5,8-13H2,1H3/t14-/m1/s1. The molecule has 2 fully saturated rings. The van der Waals surface area contributed by atoms with Gasteiger partial charge in [-0.25, -0.2) is 8.42 Å². The molecule has 2 saturated heterocycles. The van der Waals surface area contributed by atoms with E-state index in [1.54, 1.807) is 0 Å². The lowest BCUT2D eigenvalue weighted by Gasteiger charge is -2.40. The Balaban J connectivity index is 1.51. The zero-order chi connectivity index (χ0) is 16.4. The number of amides is 1. The van der Waals surface area contributed by atoms with Gasteiger partial charge in [-0.1, -0.05) is 0 Å². The van der Waals surface area contributed by atoms with Gasteiger partial charge in [0.2, 0.25) is 5.91 Å². The van der Waals surface area contributed by atoms with Gasteiger partial charge in [0, 0.05) is 44.6 Å². The Labute approximate surface area is 138 Å². The van der Waals surface area contributed by atoms with E-state index >= 15 is 0 Å². The normalized spacial score (nSPS) is 24.5. The quantitative estimate of drug-likeness (QED) is 0.816. The predicted octanol–water partition coefficient (Wildman–Crippen LogP) is 0.771. The maximum Gasteiger partial charge on any atom is 0.245 e. The summed E-state index contributed by atoms with van der Waals surface area (Å²) < 4.78 is 25.0. The minimum absolute atomic E-state index is 0.165. The first kappa shape index (κ1) is 16.5. The first-order chi connectivity index (χ1) is 11.0. The van der Waals surface area contributed by atoms with Crippen molar-refractivity contribution < 1.29 is 13.2 Å². The Morgan fingerprint density at radius 1 is 1.04 bits per heavy atom. The summed E-state index contributed by atoms with van der Waals surface area (Å²) >= 11 is 0. The third-order valence-electron chi connectivity index (χ3n) is 5.10. The SMILES string of the molecule is C[C@H](C(=O)N1CCC(N2CCS(=O)(=O)CC2)CC1)n1cccc1. The third kappa shape index (κ3) is 3.77. The number of rotatable bonds is 3. The number of hydrogen-bond donors (Lipinski definition) is 0. The van der Waals surface area contributed by atoms with E-state index in [-0.39, 0.29) is 23.5 Å². The van der Waals surface area contributed by atoms with E-state index in [1.807, 2.05) is 40.9 Å². The molecule has 128 valence electrons. The van der Waals surface area contributed by atoms with Crippen LogP contribution in [-0.4, -0.2) is 72.4 Å². The van der Waals surface area contributed by atoms with E-state index in [9.17, 15) is 13.2 Å². The molecular weight excluding hydrogens is 314 g/mol. The minimum atomic E-state index is -2.82. The Hall–Kier alpha value is -1.34. The maximum absolute atomic E-state index is 12.6. The number of nitrogens with zero attached hydrogens (tertiary/aromatic N) is 3. The molecule has 6 nitrogen and oxygen atoms in total. The van der Waals surface area contributed by atoms with Crippen molar-refractivity contribution >= 4 is 15.7 Å². The molecule has 7 heteroatoms. The van der Waals surface area contributed by atoms with Crippen LogP contribution in [0.1, 0.15) is 25.8 Å². The lowest BCUT2D eigenvalue weighted by atomic mass is 10.0. The number of aromatic nitrogens is 1. The van der Waals surface area contributed by atoms with Gasteiger partial charge in [0.15, 0.2) is 9.84 Å². The molecule has 0 radical (unpaired) electrons. The number of hydrogen-bond acceptors (Lipinski definition) is 4. The molecule has 1 amide bonds. The second-order valence-electron chi connectivity index (χ2n) is 6.55. The van der Waals surface area contributed by atoms with Crippen molar-refractivity contribution in [1.29, 1.82) is 0 Å². The van der Waals surface area contributed by atoms with Crippen LogP contribution in [-0.2, 0) is 14.6 Å². The molecule has 23 heavy (non-hydrogen) atoms. The Morgan fingerprint density at radius 2 is 1.61 bits per heavy atom. The molecule has 0 N–H and O–H groups in total. The van der Waals surface area contributed by atoms with Gasteiger partial charge in [0.25, 0.3) is 0 Å². The third-order valence-corrected chi connectivity index (χ3v) is 6.71. The number of carbonyl (C=O) groups excluding carboxylic acids is 1. The Kier molecular flexibility index (Phi) is 4.77. The summed E-state index contributed by atoms with van der Waals surface area (Å²) in [6, 6.07) is 4.11. The summed E-state index contributed by atoms with van der Waals surface area (Å²) in [5.41, 5.74) is 0. The van der Waals surface area contributed by atoms with Crippen LogP contribution >= 0.6 is 0 Å². The number of carbonyl (C=O) groups is 1. The smallest absolute Gasteiger partial charge is 0.245 e. The lowest BCUT2D eigenvalue weighted by molar-refractivity contribution is -0.135. The molecule has 0 spiro atoms. The molecule has 3 rings (SSSR count). The first-order valence-electron chi connectivity index (χ1n) is 8.32. The molecule has 0 saturated carbocycles. The van der Waals surface area contributed by atoms with Crippen molar-refractivity contribution in [3.63, 3.8) is 0 Å². The van der Waals surface area contributed by atoms with E-state index in [0.717, 1.165) is 25.9 Å². The number of piperidine rings is 1. The van der Waals surface area contributed by atoms with Crippen LogP contribution in [0.25, 0.3) is 0 Å². The zero-order valence-electron chi connectivity index (χ0n) is 13.6. The Morgan fingerprint density at radius 3 is 2.17 bits per heavy atom. The fraction of sp³-hybridized carbons (Fsp3) is 0.688. The van der Waals surface area contributed by atoms with Crippen LogP contribution in [0, 0.1) is 0 Å². The van der Waals surface area contributed by atoms with Crippen LogP contribution in [0.5, 0.6) is 0 Å². The van der Waals surface area contributed by atoms with Crippen LogP contribution in [0.15, 0.2) is 24.5 Å². The molecule has 1 aromatic heterocycles. The van der Waals surface area contributed by atoms with Crippen LogP contribution in [0.3, 0.4) is 0 Å². The van der Waals surface area contributed by atoms with Gasteiger partial charge in [0.05, 0.1) is 11.5 Å². The second kappa shape index (κ2) is 6.65. The average molecular weight is 339 g/mol. The monoisotopic (exact) mass is 339 g/mol. The summed E-state index contributed by atoms with van der Waals surface area (Å²) in [5.74, 6) is 0.717. The van der Waals surface area contributed by atoms with Crippen molar-refractivity contribution in [2.75, 3.05) is 37.7 Å². The summed E-state index contributed by atoms with van der Waals surface area (Å²) in [6.07, 6.45) is 5.71. The van der Waals surface area contributed by atoms with E-state index in [0.29, 0.717) is 19.1 Å². The molecular formula is C16H25N3O3S. The molecule has 0 unspecified atom stereocenters. The fourth-order valence-corrected chi connectivity index (χ4v) is 4.77. The highest BCUT2D eigenvalue weighted by Crippen LogP contribution is 2.21. The van der Waals surface area contributed by atoms with Gasteiger partial charge in [-0.3, -0.25) is 9.69 Å². The lowest BCUT2D eigenvalue weighted by Crippen LogP contribution is -2.51. The van der Waals surface area contributed by atoms with Crippen LogP contribution in [0.2, 0.25) is 0 Å². The molecule has 1 atom stereocenters. The van der Waals surface area contributed by atoms with Gasteiger partial charge < -0.3 is 9.47 Å². The van der Waals surface area contributed by atoms with E-state index < -0.39 is 9.84 Å². The van der Waals surface area contributed by atoms with Crippen molar-refractivity contribution in [3.05, 3.63) is 24.5 Å². The van der Waals surface area contributed by atoms with Crippen LogP contribution < -0.4 is 0 Å². The molecule has 3 heterocycles. The minimum Gasteiger partial charge on any atom is -0.342 e.